The minimum Gasteiger partial charge on any atom is -0.444 e. The smallest absolute Gasteiger partial charge is 0.444 e. The lowest BCUT2D eigenvalue weighted by atomic mass is 9.75. The van der Waals surface area contributed by atoms with Crippen LogP contribution in [0, 0.1) is 27.7 Å². The van der Waals surface area contributed by atoms with Crippen molar-refractivity contribution < 1.29 is 107 Å². The topological polar surface area (TPSA) is 119 Å². The van der Waals surface area contributed by atoms with Crippen molar-refractivity contribution in [2.45, 2.75) is 221 Å². The molecule has 3 fully saturated rings. The van der Waals surface area contributed by atoms with Gasteiger partial charge in [-0.05, 0) is 286 Å². The van der Waals surface area contributed by atoms with Crippen molar-refractivity contribution in [1.82, 2.24) is 20.0 Å². The van der Waals surface area contributed by atoms with Crippen molar-refractivity contribution >= 4 is 46.9 Å². The number of alkyl halides is 12. The van der Waals surface area contributed by atoms with Crippen LogP contribution in [0.15, 0.2) is 94.9 Å². The SMILES string of the molecule is CC(C)(C)OC(=O)N1CC=C(B2OC(C)(C)C(C)(C)O2)CC1.Cc1cc(C(F)(F)F)ccc1Br.Cc1cc(C(F)(F)F)ccc1C1=CCN(C(=O)OC(C)(C)C)CC1.Cc1cc(C(F)(F)F)ccc1C1CCN(C(=O)OC(C)(C)C)CC1.Cc1cc(C(F)(F)F)ccc1C1CCNCC1.[2HH].[2HH].[2HH].[2H][2H].[2H][2H].[2H][2H].[2H][2H]. The van der Waals surface area contributed by atoms with Gasteiger partial charge in [0.05, 0.1) is 33.5 Å². The van der Waals surface area contributed by atoms with Gasteiger partial charge in [0.1, 0.15) is 16.8 Å². The molecule has 1 N–H and O–H groups in total. The molecule has 3 saturated heterocycles. The Hall–Kier alpha value is -6.25. The average Bonchev–Trinajstić information content (AvgIpc) is 1.60. The second-order valence-electron chi connectivity index (χ2n) is 29.3. The van der Waals surface area contributed by atoms with E-state index in [2.05, 4.69) is 21.2 Å². The average molecular weight is 1500 g/mol. The molecule has 3 amide bonds. The summed E-state index contributed by atoms with van der Waals surface area (Å²) in [6.07, 6.45) is -9.40. The Morgan fingerprint density at radius 1 is 0.495 bits per heavy atom. The Morgan fingerprint density at radius 3 is 1.19 bits per heavy atom. The van der Waals surface area contributed by atoms with Gasteiger partial charge in [0, 0.05) is 59.9 Å². The molecular weight excluding hydrogens is 1380 g/mol. The summed E-state index contributed by atoms with van der Waals surface area (Å²) >= 11 is 3.13. The molecule has 0 aromatic heterocycles. The van der Waals surface area contributed by atoms with Gasteiger partial charge >= 0.3 is 50.1 Å². The van der Waals surface area contributed by atoms with Crippen molar-refractivity contribution in [1.29, 1.82) is 0 Å². The quantitative estimate of drug-likeness (QED) is 0.121. The summed E-state index contributed by atoms with van der Waals surface area (Å²) in [5.41, 5.74) is 2.83. The van der Waals surface area contributed by atoms with E-state index in [0.29, 0.717) is 72.8 Å². The second kappa shape index (κ2) is 33.3. The Labute approximate surface area is 601 Å². The Balaban J connectivity index is -0.00000128. The van der Waals surface area contributed by atoms with Gasteiger partial charge in [-0.2, -0.15) is 52.7 Å². The van der Waals surface area contributed by atoms with Crippen LogP contribution in [0.1, 0.15) is 218 Å². The van der Waals surface area contributed by atoms with Crippen LogP contribution in [0.4, 0.5) is 67.1 Å². The standard InChI is InChI=1S/C18H24F3NO2.C18H22F3NO2.C16H28BNO4.C13H16F3N.C8H6BrF3.7H2/c2*1-12-11-14(18(19,20)21)5-6-15(12)13-7-9-22(10-8-13)16(23)24-17(2,3)4;1-14(2,3)20-13(19)18-10-8-12(9-11-18)17-21-15(4,5)16(6,7)22-17;1-9-8-11(13(14,15)16)2-3-12(9)10-4-6-17-7-5-10;1-5-4-6(8(10,11)12)2-3-7(5)9;;;;;;;/h5-6,11,13H,7-10H2,1-4H3;5-7,11H,8-10H2,1-4H3;8H,9-11H2,1-7H3;2-3,8,10,17H,4-7H2,1H3;2-4H,1H3;7*1H/i;;;;;4*1+1D;3*1+1. The van der Waals surface area contributed by atoms with Gasteiger partial charge in [-0.25, -0.2) is 14.4 Å². The van der Waals surface area contributed by atoms with E-state index in [9.17, 15) is 67.1 Å². The van der Waals surface area contributed by atoms with Gasteiger partial charge in [0.25, 0.3) is 0 Å². The van der Waals surface area contributed by atoms with Crippen molar-refractivity contribution in [3.05, 3.63) is 156 Å². The Morgan fingerprint density at radius 2 is 0.848 bits per heavy atom. The molecule has 4 aromatic rings. The zero-order valence-corrected chi connectivity index (χ0v) is 61.3. The van der Waals surface area contributed by atoms with Gasteiger partial charge < -0.3 is 43.5 Å². The molecule has 4 aromatic carbocycles. The highest BCUT2D eigenvalue weighted by Crippen LogP contribution is 2.41. The number of hydrogen-bond donors (Lipinski definition) is 1. The van der Waals surface area contributed by atoms with Crippen LogP contribution in [0.25, 0.3) is 5.57 Å². The number of rotatable bonds is 4. The summed E-state index contributed by atoms with van der Waals surface area (Å²) in [5.74, 6) is 0.574. The number of halogens is 13. The third-order valence-electron chi connectivity index (χ3n) is 17.3. The number of carbonyl (C=O) groups is 3. The van der Waals surface area contributed by atoms with Gasteiger partial charge in [-0.3, -0.25) is 0 Å². The molecule has 0 radical (unpaired) electrons. The van der Waals surface area contributed by atoms with Crippen LogP contribution >= 0.6 is 15.9 Å². The van der Waals surface area contributed by atoms with E-state index in [1.54, 1.807) is 54.5 Å². The fraction of sp³-hybridized carbons (Fsp3) is 0.575. The van der Waals surface area contributed by atoms with E-state index < -0.39 is 63.8 Å². The number of aryl methyl sites for hydroxylation is 4. The van der Waals surface area contributed by atoms with Crippen LogP contribution in [0.5, 0.6) is 0 Å². The number of benzene rings is 4. The first-order valence-electron chi connectivity index (χ1n) is 37.0. The maximum absolute atomic E-state index is 12.8. The molecule has 12 nitrogen and oxygen atoms in total. The van der Waals surface area contributed by atoms with E-state index in [1.165, 1.54) is 30.3 Å². The first kappa shape index (κ1) is 76.9. The number of hydrogen-bond acceptors (Lipinski definition) is 9. The van der Waals surface area contributed by atoms with E-state index >= 15 is 0 Å². The molecule has 5 aliphatic heterocycles. The zero-order valence-electron chi connectivity index (χ0n) is 67.7. The lowest BCUT2D eigenvalue weighted by Gasteiger charge is -2.34. The summed E-state index contributed by atoms with van der Waals surface area (Å²) in [5, 5.41) is 3.26. The van der Waals surface area contributed by atoms with Crippen LogP contribution in [-0.2, 0) is 48.2 Å². The fourth-order valence-electron chi connectivity index (χ4n) is 11.3. The molecule has 0 saturated carbocycles. The highest BCUT2D eigenvalue weighted by molar-refractivity contribution is 9.10. The minimum atomic E-state index is -4.34. The van der Waals surface area contributed by atoms with Gasteiger partial charge in [0.15, 0.2) is 0 Å². The maximum atomic E-state index is 12.8. The molecule has 9 rings (SSSR count). The third kappa shape index (κ3) is 25.7. The zero-order chi connectivity index (χ0) is 82.8. The number of nitrogens with one attached hydrogen (secondary N) is 1. The van der Waals surface area contributed by atoms with Crippen molar-refractivity contribution in [2.75, 3.05) is 52.4 Å². The number of likely N-dealkylation sites (tertiary alicyclic amines) is 1. The van der Waals surface area contributed by atoms with E-state index in [1.807, 2.05) is 102 Å². The van der Waals surface area contributed by atoms with Crippen LogP contribution in [0.3, 0.4) is 0 Å². The highest BCUT2D eigenvalue weighted by Gasteiger charge is 2.52. The van der Waals surface area contributed by atoms with Crippen LogP contribution in [0.2, 0.25) is 0 Å². The van der Waals surface area contributed by atoms with E-state index in [4.69, 9.17) is 35.4 Å². The number of piperidine rings is 2. The monoisotopic (exact) mass is 1500 g/mol. The Kier molecular flexibility index (Phi) is 25.8. The number of nitrogens with zero attached hydrogens (tertiary/aromatic N) is 3. The Bertz CT molecular complexity index is 3500. The molecule has 5 aliphatic rings. The van der Waals surface area contributed by atoms with Crippen LogP contribution < -0.4 is 5.32 Å². The summed E-state index contributed by atoms with van der Waals surface area (Å²) in [7, 11) is -0.314. The number of amides is 3. The first-order chi connectivity index (χ1) is 49.2. The lowest BCUT2D eigenvalue weighted by molar-refractivity contribution is -0.138. The van der Waals surface area contributed by atoms with E-state index in [-0.39, 0.29) is 46.8 Å². The van der Waals surface area contributed by atoms with Crippen molar-refractivity contribution in [3.63, 3.8) is 0 Å². The lowest BCUT2D eigenvalue weighted by Crippen LogP contribution is -2.41. The van der Waals surface area contributed by atoms with Gasteiger partial charge in [-0.15, -0.1) is 0 Å². The summed E-state index contributed by atoms with van der Waals surface area (Å²) in [4.78, 5) is 41.1. The summed E-state index contributed by atoms with van der Waals surface area (Å²) < 4.78 is 219. The predicted molar refractivity (Wildman–Crippen MR) is 379 cm³/mol. The normalized spacial score (nSPS) is 18.3. The molecule has 0 unspecified atom stereocenters. The molecular formula is C73H110BBrF12N4O8. The molecule has 0 bridgehead atoms. The molecule has 0 atom stereocenters. The van der Waals surface area contributed by atoms with Crippen LogP contribution in [-0.4, -0.2) is 120 Å². The maximum Gasteiger partial charge on any atom is 0.490 e. The molecule has 564 valence electrons. The van der Waals surface area contributed by atoms with Crippen molar-refractivity contribution in [2.24, 2.45) is 0 Å². The third-order valence-corrected chi connectivity index (χ3v) is 18.1. The minimum absolute atomic E-state index is 0. The molecule has 99 heavy (non-hydrogen) atoms. The second-order valence-corrected chi connectivity index (χ2v) is 30.2. The van der Waals surface area contributed by atoms with Gasteiger partial charge in [-0.1, -0.05) is 46.3 Å². The van der Waals surface area contributed by atoms with Gasteiger partial charge in [0.2, 0.25) is 0 Å². The molecule has 0 spiro atoms. The highest BCUT2D eigenvalue weighted by atomic mass is 79.9. The molecule has 0 aliphatic carbocycles. The summed E-state index contributed by atoms with van der Waals surface area (Å²) in [6, 6.07) is 15.4. The number of carbonyl (C=O) groups excluding carboxylic acids is 3. The summed E-state index contributed by atoms with van der Waals surface area (Å²) in [6.45, 7) is 36.5. The van der Waals surface area contributed by atoms with E-state index in [0.717, 1.165) is 109 Å². The molecule has 26 heteroatoms. The fourth-order valence-corrected chi connectivity index (χ4v) is 11.5. The largest absolute Gasteiger partial charge is 0.490 e. The molecule has 5 heterocycles. The predicted octanol–water partition coefficient (Wildman–Crippen LogP) is 22.3. The van der Waals surface area contributed by atoms with Crippen molar-refractivity contribution in [3.8, 4) is 0 Å². The first-order valence-corrected chi connectivity index (χ1v) is 33.8. The number of ether oxygens (including phenoxy) is 3.